The Bertz CT molecular complexity index is 1190. The fourth-order valence-corrected chi connectivity index (χ4v) is 6.07. The van der Waals surface area contributed by atoms with E-state index in [1.807, 2.05) is 74.5 Å². The first-order valence-corrected chi connectivity index (χ1v) is 14.0. The van der Waals surface area contributed by atoms with Gasteiger partial charge in [-0.05, 0) is 25.0 Å². The highest BCUT2D eigenvalue weighted by molar-refractivity contribution is 5.63. The van der Waals surface area contributed by atoms with Gasteiger partial charge in [0, 0.05) is 0 Å². The van der Waals surface area contributed by atoms with Crippen LogP contribution in [0.4, 0.5) is 4.79 Å². The van der Waals surface area contributed by atoms with Gasteiger partial charge in [-0.15, -0.1) is 0 Å². The predicted octanol–water partition coefficient (Wildman–Crippen LogP) is 3.08. The maximum Gasteiger partial charge on any atom is 0.509 e. The molecular weight excluding hydrogens is 536 g/mol. The van der Waals surface area contributed by atoms with E-state index in [2.05, 4.69) is 0 Å². The maximum atomic E-state index is 12.4. The van der Waals surface area contributed by atoms with Gasteiger partial charge in [0.25, 0.3) is 0 Å². The molecule has 5 aliphatic rings. The molecule has 0 aliphatic carbocycles. The molecule has 41 heavy (non-hydrogen) atoms. The topological polar surface area (TPSA) is 109 Å². The normalized spacial score (nSPS) is 38.6. The van der Waals surface area contributed by atoms with Crippen LogP contribution in [0, 0.1) is 0 Å². The molecule has 0 saturated carbocycles. The van der Waals surface area contributed by atoms with E-state index < -0.39 is 73.4 Å². The molecule has 220 valence electrons. The fraction of sp³-hybridized carbons (Fsp3) is 0.567. The lowest BCUT2D eigenvalue weighted by Gasteiger charge is -2.43. The number of carbonyl (C=O) groups excluding carboxylic acids is 1. The molecule has 0 radical (unpaired) electrons. The molecule has 5 heterocycles. The zero-order chi connectivity index (χ0) is 28.0. The van der Waals surface area contributed by atoms with Crippen LogP contribution in [0.1, 0.15) is 25.0 Å². The van der Waals surface area contributed by atoms with E-state index >= 15 is 0 Å². The lowest BCUT2D eigenvalue weighted by Crippen LogP contribution is -2.62. The summed E-state index contributed by atoms with van der Waals surface area (Å²) in [5.41, 5.74) is 1.99. The maximum absolute atomic E-state index is 12.4. The number of benzene rings is 2. The molecule has 0 unspecified atom stereocenters. The molecular formula is C30H34O11. The van der Waals surface area contributed by atoms with Crippen LogP contribution in [-0.4, -0.2) is 86.6 Å². The smallest absolute Gasteiger partial charge is 0.424 e. The van der Waals surface area contributed by atoms with Gasteiger partial charge in [-0.2, -0.15) is 0 Å². The van der Waals surface area contributed by atoms with E-state index in [4.69, 9.17) is 47.4 Å². The number of hydrogen-bond donors (Lipinski definition) is 0. The summed E-state index contributed by atoms with van der Waals surface area (Å²) in [5, 5.41) is 0. The van der Waals surface area contributed by atoms with Crippen LogP contribution in [-0.2, 0) is 60.6 Å². The molecule has 11 nitrogen and oxygen atoms in total. The van der Waals surface area contributed by atoms with Gasteiger partial charge in [0.15, 0.2) is 30.6 Å². The lowest BCUT2D eigenvalue weighted by molar-refractivity contribution is -0.322. The molecule has 0 spiro atoms. The molecule has 2 aromatic carbocycles. The van der Waals surface area contributed by atoms with E-state index in [1.54, 1.807) is 0 Å². The second kappa shape index (κ2) is 11.2. The Balaban J connectivity index is 1.11. The molecule has 0 aromatic heterocycles. The molecule has 10 atom stereocenters. The van der Waals surface area contributed by atoms with E-state index in [9.17, 15) is 4.79 Å². The highest BCUT2D eigenvalue weighted by atomic mass is 16.8. The highest BCUT2D eigenvalue weighted by Crippen LogP contribution is 2.43. The molecule has 2 bridgehead atoms. The van der Waals surface area contributed by atoms with Crippen molar-refractivity contribution in [2.75, 3.05) is 13.2 Å². The van der Waals surface area contributed by atoms with Gasteiger partial charge in [0.1, 0.15) is 36.6 Å². The SMILES string of the molecule is CC1(C)O[C@@H]2[C@H](O1)[C@@H]1OC[C@@H](O1)[C@H]2O[C@@H]1O[C@H](COCc2ccccc2)[C@@H](OCc2ccccc2)[C@@H]2OC(=O)O[C@@H]12. The van der Waals surface area contributed by atoms with Gasteiger partial charge in [0.05, 0.1) is 26.4 Å². The van der Waals surface area contributed by atoms with Crippen molar-refractivity contribution in [1.82, 2.24) is 0 Å². The minimum atomic E-state index is -0.993. The molecule has 5 fully saturated rings. The average molecular weight is 571 g/mol. The Labute approximate surface area is 237 Å². The first kappa shape index (κ1) is 27.2. The molecule has 11 heteroatoms. The summed E-state index contributed by atoms with van der Waals surface area (Å²) in [6, 6.07) is 19.6. The number of hydrogen-bond acceptors (Lipinski definition) is 11. The van der Waals surface area contributed by atoms with Crippen LogP contribution in [0.15, 0.2) is 60.7 Å². The van der Waals surface area contributed by atoms with Gasteiger partial charge in [-0.3, -0.25) is 0 Å². The van der Waals surface area contributed by atoms with Crippen LogP contribution >= 0.6 is 0 Å². The zero-order valence-corrected chi connectivity index (χ0v) is 22.9. The number of rotatable bonds is 9. The third kappa shape index (κ3) is 5.61. The minimum Gasteiger partial charge on any atom is -0.424 e. The number of carbonyl (C=O) groups is 1. The van der Waals surface area contributed by atoms with Crippen LogP contribution in [0.25, 0.3) is 0 Å². The third-order valence-electron chi connectivity index (χ3n) is 7.88. The van der Waals surface area contributed by atoms with Crippen molar-refractivity contribution in [3.8, 4) is 0 Å². The monoisotopic (exact) mass is 570 g/mol. The van der Waals surface area contributed by atoms with E-state index in [0.29, 0.717) is 13.2 Å². The van der Waals surface area contributed by atoms with Crippen LogP contribution in [0.2, 0.25) is 0 Å². The fourth-order valence-electron chi connectivity index (χ4n) is 6.07. The van der Waals surface area contributed by atoms with Gasteiger partial charge in [-0.1, -0.05) is 60.7 Å². The Hall–Kier alpha value is -2.61. The lowest BCUT2D eigenvalue weighted by atomic mass is 9.97. The summed E-state index contributed by atoms with van der Waals surface area (Å²) >= 11 is 0. The van der Waals surface area contributed by atoms with Crippen molar-refractivity contribution in [3.05, 3.63) is 71.8 Å². The first-order chi connectivity index (χ1) is 19.9. The van der Waals surface area contributed by atoms with E-state index in [0.717, 1.165) is 11.1 Å². The van der Waals surface area contributed by atoms with Crippen LogP contribution in [0.3, 0.4) is 0 Å². The van der Waals surface area contributed by atoms with Crippen molar-refractivity contribution < 1.29 is 52.2 Å². The minimum absolute atomic E-state index is 0.170. The van der Waals surface area contributed by atoms with Crippen molar-refractivity contribution >= 4 is 6.16 Å². The van der Waals surface area contributed by atoms with Gasteiger partial charge in [0.2, 0.25) is 0 Å². The quantitative estimate of drug-likeness (QED) is 0.415. The molecule has 5 saturated heterocycles. The Morgan fingerprint density at radius 1 is 0.805 bits per heavy atom. The number of ether oxygens (including phenoxy) is 10. The summed E-state index contributed by atoms with van der Waals surface area (Å²) in [6.45, 7) is 4.83. The zero-order valence-electron chi connectivity index (χ0n) is 22.9. The second-order valence-corrected chi connectivity index (χ2v) is 11.3. The summed E-state index contributed by atoms with van der Waals surface area (Å²) in [5.74, 6) is -0.836. The van der Waals surface area contributed by atoms with Gasteiger partial charge >= 0.3 is 6.16 Å². The van der Waals surface area contributed by atoms with E-state index in [1.165, 1.54) is 0 Å². The highest BCUT2D eigenvalue weighted by Gasteiger charge is 2.62. The largest absolute Gasteiger partial charge is 0.509 e. The van der Waals surface area contributed by atoms with Crippen molar-refractivity contribution in [1.29, 1.82) is 0 Å². The molecule has 0 amide bonds. The first-order valence-electron chi connectivity index (χ1n) is 14.0. The Kier molecular flexibility index (Phi) is 7.46. The summed E-state index contributed by atoms with van der Waals surface area (Å²) in [4.78, 5) is 12.4. The summed E-state index contributed by atoms with van der Waals surface area (Å²) in [6.07, 6.45) is -7.21. The Morgan fingerprint density at radius 3 is 2.24 bits per heavy atom. The van der Waals surface area contributed by atoms with Crippen LogP contribution in [0.5, 0.6) is 0 Å². The van der Waals surface area contributed by atoms with Crippen molar-refractivity contribution in [2.45, 2.75) is 94.3 Å². The van der Waals surface area contributed by atoms with Crippen molar-refractivity contribution in [2.24, 2.45) is 0 Å². The van der Waals surface area contributed by atoms with Crippen molar-refractivity contribution in [3.63, 3.8) is 0 Å². The average Bonchev–Trinajstić information content (AvgIpc) is 3.67. The predicted molar refractivity (Wildman–Crippen MR) is 138 cm³/mol. The summed E-state index contributed by atoms with van der Waals surface area (Å²) in [7, 11) is 0. The third-order valence-corrected chi connectivity index (χ3v) is 7.88. The molecule has 7 rings (SSSR count). The summed E-state index contributed by atoms with van der Waals surface area (Å²) < 4.78 is 60.8. The number of fused-ring (bicyclic) bond motifs is 5. The second-order valence-electron chi connectivity index (χ2n) is 11.3. The molecule has 2 aromatic rings. The van der Waals surface area contributed by atoms with Gasteiger partial charge in [-0.25, -0.2) is 4.79 Å². The Morgan fingerprint density at radius 2 is 1.49 bits per heavy atom. The standard InChI is InChI=1S/C30H34O11/c1-30(2)40-24-22(20-16-34-27(35-20)26(24)41-30)37-28-25-23(38-29(31)39-25)21(33-14-18-11-7-4-8-12-18)19(36-28)15-32-13-17-9-5-3-6-10-17/h3-12,19-28H,13-16H2,1-2H3/t19-,20-,21-,22-,23+,24+,25-,26+,27-,28+/m1/s1. The van der Waals surface area contributed by atoms with E-state index in [-0.39, 0.29) is 13.2 Å². The molecule has 0 N–H and O–H groups in total. The van der Waals surface area contributed by atoms with Gasteiger partial charge < -0.3 is 47.4 Å². The van der Waals surface area contributed by atoms with Crippen LogP contribution < -0.4 is 0 Å². The molecule has 5 aliphatic heterocycles.